The molecule has 3 heteroatoms. The van der Waals surface area contributed by atoms with Crippen LogP contribution >= 0.6 is 0 Å². The number of anilines is 2. The SMILES string of the molecule is CC1CCCC1Nc1ccc(C#N)c(N)c1. The van der Waals surface area contributed by atoms with Gasteiger partial charge in [0.05, 0.1) is 11.3 Å². The lowest BCUT2D eigenvalue weighted by Gasteiger charge is -2.19. The quantitative estimate of drug-likeness (QED) is 0.746. The number of hydrogen-bond donors (Lipinski definition) is 2. The molecule has 3 nitrogen and oxygen atoms in total. The van der Waals surface area contributed by atoms with Crippen LogP contribution in [0.3, 0.4) is 0 Å². The first-order chi connectivity index (χ1) is 7.70. The van der Waals surface area contributed by atoms with Gasteiger partial charge in [0.2, 0.25) is 0 Å². The van der Waals surface area contributed by atoms with Crippen LogP contribution in [0, 0.1) is 17.2 Å². The van der Waals surface area contributed by atoms with E-state index in [-0.39, 0.29) is 0 Å². The highest BCUT2D eigenvalue weighted by Gasteiger charge is 2.22. The first-order valence-corrected chi connectivity index (χ1v) is 5.77. The molecule has 1 aliphatic rings. The number of nitrogens with one attached hydrogen (secondary N) is 1. The third-order valence-electron chi connectivity index (χ3n) is 3.39. The van der Waals surface area contributed by atoms with Crippen molar-refractivity contribution in [3.8, 4) is 6.07 Å². The molecule has 0 aromatic heterocycles. The zero-order chi connectivity index (χ0) is 11.5. The maximum Gasteiger partial charge on any atom is 0.101 e. The average Bonchev–Trinajstić information content (AvgIpc) is 2.65. The molecule has 0 saturated heterocycles. The van der Waals surface area contributed by atoms with Crippen molar-refractivity contribution in [2.75, 3.05) is 11.1 Å². The van der Waals surface area contributed by atoms with Crippen LogP contribution in [0.15, 0.2) is 18.2 Å². The summed E-state index contributed by atoms with van der Waals surface area (Å²) < 4.78 is 0. The first kappa shape index (κ1) is 10.8. The van der Waals surface area contributed by atoms with Crippen LogP contribution in [-0.4, -0.2) is 6.04 Å². The van der Waals surface area contributed by atoms with Crippen LogP contribution in [0.4, 0.5) is 11.4 Å². The zero-order valence-corrected chi connectivity index (χ0v) is 9.53. The Morgan fingerprint density at radius 3 is 2.81 bits per heavy atom. The standard InChI is InChI=1S/C13H17N3/c1-9-3-2-4-13(9)16-11-6-5-10(8-14)12(15)7-11/h5-7,9,13,16H,2-4,15H2,1H3. The molecule has 2 rings (SSSR count). The summed E-state index contributed by atoms with van der Waals surface area (Å²) >= 11 is 0. The zero-order valence-electron chi connectivity index (χ0n) is 9.53. The van der Waals surface area contributed by atoms with Crippen molar-refractivity contribution in [2.45, 2.75) is 32.2 Å². The topological polar surface area (TPSA) is 61.8 Å². The van der Waals surface area contributed by atoms with E-state index in [2.05, 4.69) is 18.3 Å². The van der Waals surface area contributed by atoms with Gasteiger partial charge in [-0.05, 0) is 37.0 Å². The van der Waals surface area contributed by atoms with E-state index in [1.54, 1.807) is 6.07 Å². The van der Waals surface area contributed by atoms with Crippen molar-refractivity contribution in [1.82, 2.24) is 0 Å². The Hall–Kier alpha value is -1.69. The third kappa shape index (κ3) is 2.11. The highest BCUT2D eigenvalue weighted by atomic mass is 14.9. The van der Waals surface area contributed by atoms with Crippen molar-refractivity contribution in [3.05, 3.63) is 23.8 Å². The highest BCUT2D eigenvalue weighted by Crippen LogP contribution is 2.28. The Labute approximate surface area is 96.3 Å². The minimum atomic E-state index is 0.546. The molecule has 2 atom stereocenters. The summed E-state index contributed by atoms with van der Waals surface area (Å²) in [5.74, 6) is 0.719. The summed E-state index contributed by atoms with van der Waals surface area (Å²) in [5, 5.41) is 12.3. The normalized spacial score (nSPS) is 24.0. The Bertz CT molecular complexity index is 420. The largest absolute Gasteiger partial charge is 0.398 e. The number of nitriles is 1. The highest BCUT2D eigenvalue weighted by molar-refractivity contribution is 5.62. The van der Waals surface area contributed by atoms with Gasteiger partial charge in [0, 0.05) is 11.7 Å². The van der Waals surface area contributed by atoms with E-state index in [1.165, 1.54) is 19.3 Å². The van der Waals surface area contributed by atoms with E-state index in [1.807, 2.05) is 12.1 Å². The van der Waals surface area contributed by atoms with Crippen LogP contribution in [0.2, 0.25) is 0 Å². The number of rotatable bonds is 2. The number of nitrogen functional groups attached to an aromatic ring is 1. The Morgan fingerprint density at radius 1 is 1.44 bits per heavy atom. The summed E-state index contributed by atoms with van der Waals surface area (Å²) in [6, 6.07) is 8.18. The first-order valence-electron chi connectivity index (χ1n) is 5.77. The second-order valence-electron chi connectivity index (χ2n) is 4.57. The molecule has 2 unspecified atom stereocenters. The van der Waals surface area contributed by atoms with E-state index in [0.717, 1.165) is 11.6 Å². The van der Waals surface area contributed by atoms with E-state index < -0.39 is 0 Å². The Balaban J connectivity index is 2.11. The fraction of sp³-hybridized carbons (Fsp3) is 0.462. The van der Waals surface area contributed by atoms with Gasteiger partial charge in [-0.3, -0.25) is 0 Å². The minimum absolute atomic E-state index is 0.546. The molecule has 0 spiro atoms. The van der Waals surface area contributed by atoms with Gasteiger partial charge >= 0.3 is 0 Å². The molecular weight excluding hydrogens is 198 g/mol. The number of benzene rings is 1. The van der Waals surface area contributed by atoms with Gasteiger partial charge in [-0.1, -0.05) is 13.3 Å². The van der Waals surface area contributed by atoms with E-state index in [0.29, 0.717) is 17.3 Å². The van der Waals surface area contributed by atoms with E-state index in [9.17, 15) is 0 Å². The minimum Gasteiger partial charge on any atom is -0.398 e. The van der Waals surface area contributed by atoms with Crippen LogP contribution in [0.1, 0.15) is 31.7 Å². The molecule has 0 bridgehead atoms. The molecular formula is C13H17N3. The van der Waals surface area contributed by atoms with Gasteiger partial charge in [-0.15, -0.1) is 0 Å². The number of hydrogen-bond acceptors (Lipinski definition) is 3. The second kappa shape index (κ2) is 4.44. The van der Waals surface area contributed by atoms with Gasteiger partial charge in [0.1, 0.15) is 6.07 Å². The molecule has 0 amide bonds. The number of nitrogens with zero attached hydrogens (tertiary/aromatic N) is 1. The van der Waals surface area contributed by atoms with Crippen molar-refractivity contribution in [2.24, 2.45) is 5.92 Å². The predicted molar refractivity (Wildman–Crippen MR) is 66.0 cm³/mol. The third-order valence-corrected chi connectivity index (χ3v) is 3.39. The predicted octanol–water partition coefficient (Wildman–Crippen LogP) is 2.74. The van der Waals surface area contributed by atoms with Gasteiger partial charge in [-0.25, -0.2) is 0 Å². The molecule has 0 heterocycles. The Morgan fingerprint density at radius 2 is 2.25 bits per heavy atom. The van der Waals surface area contributed by atoms with Gasteiger partial charge in [0.15, 0.2) is 0 Å². The van der Waals surface area contributed by atoms with Gasteiger partial charge in [-0.2, -0.15) is 5.26 Å². The average molecular weight is 215 g/mol. The molecule has 16 heavy (non-hydrogen) atoms. The van der Waals surface area contributed by atoms with E-state index in [4.69, 9.17) is 11.0 Å². The van der Waals surface area contributed by atoms with Crippen LogP contribution < -0.4 is 11.1 Å². The van der Waals surface area contributed by atoms with Gasteiger partial charge in [0.25, 0.3) is 0 Å². The lowest BCUT2D eigenvalue weighted by atomic mass is 10.1. The maximum atomic E-state index is 8.79. The van der Waals surface area contributed by atoms with Crippen molar-refractivity contribution in [3.63, 3.8) is 0 Å². The molecule has 1 saturated carbocycles. The molecule has 84 valence electrons. The van der Waals surface area contributed by atoms with Crippen LogP contribution in [0.25, 0.3) is 0 Å². The van der Waals surface area contributed by atoms with E-state index >= 15 is 0 Å². The molecule has 1 aromatic carbocycles. The summed E-state index contributed by atoms with van der Waals surface area (Å²) in [7, 11) is 0. The van der Waals surface area contributed by atoms with Crippen LogP contribution in [-0.2, 0) is 0 Å². The maximum absolute atomic E-state index is 8.79. The fourth-order valence-electron chi connectivity index (χ4n) is 2.33. The molecule has 1 fully saturated rings. The molecule has 0 radical (unpaired) electrons. The fourth-order valence-corrected chi connectivity index (χ4v) is 2.33. The number of nitrogens with two attached hydrogens (primary N) is 1. The van der Waals surface area contributed by atoms with Crippen LogP contribution in [0.5, 0.6) is 0 Å². The van der Waals surface area contributed by atoms with Gasteiger partial charge < -0.3 is 11.1 Å². The molecule has 1 aliphatic carbocycles. The van der Waals surface area contributed by atoms with Crippen molar-refractivity contribution < 1.29 is 0 Å². The van der Waals surface area contributed by atoms with Crippen molar-refractivity contribution >= 4 is 11.4 Å². The second-order valence-corrected chi connectivity index (χ2v) is 4.57. The summed E-state index contributed by atoms with van der Waals surface area (Å²) in [4.78, 5) is 0. The van der Waals surface area contributed by atoms with Crippen molar-refractivity contribution in [1.29, 1.82) is 5.26 Å². The lowest BCUT2D eigenvalue weighted by molar-refractivity contribution is 0.556. The lowest BCUT2D eigenvalue weighted by Crippen LogP contribution is -2.21. The summed E-state index contributed by atoms with van der Waals surface area (Å²) in [5.41, 5.74) is 7.90. The molecule has 3 N–H and O–H groups in total. The Kier molecular flexibility index (Phi) is 3.00. The summed E-state index contributed by atoms with van der Waals surface area (Å²) in [6.07, 6.45) is 3.81. The smallest absolute Gasteiger partial charge is 0.101 e. The summed E-state index contributed by atoms with van der Waals surface area (Å²) in [6.45, 7) is 2.28. The molecule has 0 aliphatic heterocycles. The molecule has 1 aromatic rings. The monoisotopic (exact) mass is 215 g/mol.